The molecule has 1 unspecified atom stereocenters. The predicted octanol–water partition coefficient (Wildman–Crippen LogP) is 2.63. The molecule has 1 aromatic rings. The van der Waals surface area contributed by atoms with E-state index in [1.54, 1.807) is 6.07 Å². The van der Waals surface area contributed by atoms with Crippen molar-refractivity contribution >= 4 is 11.4 Å². The maximum absolute atomic E-state index is 10.1. The lowest BCUT2D eigenvalue weighted by atomic mass is 10.0. The van der Waals surface area contributed by atoms with Gasteiger partial charge in [0.15, 0.2) is 0 Å². The molecule has 0 aliphatic carbocycles. The monoisotopic (exact) mass is 252 g/mol. The summed E-state index contributed by atoms with van der Waals surface area (Å²) in [4.78, 5) is 0. The van der Waals surface area contributed by atoms with Gasteiger partial charge in [-0.2, -0.15) is 0 Å². The van der Waals surface area contributed by atoms with Gasteiger partial charge < -0.3 is 20.9 Å². The van der Waals surface area contributed by atoms with Crippen molar-refractivity contribution in [1.82, 2.24) is 0 Å². The molecule has 0 amide bonds. The third kappa shape index (κ3) is 4.84. The van der Waals surface area contributed by atoms with Gasteiger partial charge in [-0.1, -0.05) is 13.3 Å². The van der Waals surface area contributed by atoms with Crippen LogP contribution in [0.15, 0.2) is 18.2 Å². The van der Waals surface area contributed by atoms with E-state index in [2.05, 4.69) is 12.2 Å². The van der Waals surface area contributed by atoms with Crippen molar-refractivity contribution < 1.29 is 9.84 Å². The molecule has 0 aliphatic heterocycles. The fourth-order valence-corrected chi connectivity index (χ4v) is 1.89. The molecule has 0 spiro atoms. The number of benzene rings is 1. The molecular weight excluding hydrogens is 228 g/mol. The number of hydrogen-bond acceptors (Lipinski definition) is 4. The van der Waals surface area contributed by atoms with Gasteiger partial charge in [0.2, 0.25) is 0 Å². The van der Waals surface area contributed by atoms with Crippen LogP contribution < -0.4 is 15.8 Å². The number of rotatable bonds is 7. The second-order valence-corrected chi connectivity index (χ2v) is 4.82. The Bertz CT molecular complexity index is 378. The Morgan fingerprint density at radius 2 is 2.06 bits per heavy atom. The van der Waals surface area contributed by atoms with Gasteiger partial charge in [0.05, 0.1) is 12.2 Å². The second kappa shape index (κ2) is 6.50. The third-order valence-electron chi connectivity index (χ3n) is 2.70. The molecule has 4 N–H and O–H groups in total. The lowest BCUT2D eigenvalue weighted by Gasteiger charge is -2.23. The van der Waals surface area contributed by atoms with Crippen LogP contribution in [0.3, 0.4) is 0 Å². The van der Waals surface area contributed by atoms with Crippen LogP contribution in [0.4, 0.5) is 11.4 Å². The first-order valence-corrected chi connectivity index (χ1v) is 6.46. The minimum atomic E-state index is -0.703. The first-order valence-electron chi connectivity index (χ1n) is 6.46. The number of hydrogen-bond donors (Lipinski definition) is 3. The summed E-state index contributed by atoms with van der Waals surface area (Å²) in [6.07, 6.45) is 1.72. The van der Waals surface area contributed by atoms with E-state index < -0.39 is 5.60 Å². The van der Waals surface area contributed by atoms with Crippen LogP contribution in [-0.2, 0) is 0 Å². The van der Waals surface area contributed by atoms with E-state index in [0.29, 0.717) is 18.8 Å². The number of nitrogen functional groups attached to an aromatic ring is 1. The number of aliphatic hydroxyl groups is 1. The molecule has 1 rings (SSSR count). The summed E-state index contributed by atoms with van der Waals surface area (Å²) >= 11 is 0. The molecule has 1 aromatic carbocycles. The molecule has 4 nitrogen and oxygen atoms in total. The Balaban J connectivity index is 2.66. The van der Waals surface area contributed by atoms with Crippen LogP contribution in [0.1, 0.15) is 33.6 Å². The molecule has 18 heavy (non-hydrogen) atoms. The fourth-order valence-electron chi connectivity index (χ4n) is 1.89. The minimum absolute atomic E-state index is 0.496. The van der Waals surface area contributed by atoms with Crippen LogP contribution in [0.5, 0.6) is 5.75 Å². The third-order valence-corrected chi connectivity index (χ3v) is 2.70. The first kappa shape index (κ1) is 14.6. The molecule has 0 saturated carbocycles. The van der Waals surface area contributed by atoms with Crippen LogP contribution in [0.2, 0.25) is 0 Å². The summed E-state index contributed by atoms with van der Waals surface area (Å²) in [7, 11) is 0. The summed E-state index contributed by atoms with van der Waals surface area (Å²) in [5.41, 5.74) is 6.62. The standard InChI is InChI=1S/C14H24N2O2/c1-4-6-14(3,17)10-16-12-7-11(15)8-13(9-12)18-5-2/h7-9,16-17H,4-6,10,15H2,1-3H3. The van der Waals surface area contributed by atoms with Gasteiger partial charge in [-0.05, 0) is 26.3 Å². The van der Waals surface area contributed by atoms with Crippen molar-refractivity contribution in [2.45, 2.75) is 39.2 Å². The van der Waals surface area contributed by atoms with E-state index >= 15 is 0 Å². The Morgan fingerprint density at radius 1 is 1.33 bits per heavy atom. The second-order valence-electron chi connectivity index (χ2n) is 4.82. The highest BCUT2D eigenvalue weighted by Gasteiger charge is 2.18. The van der Waals surface area contributed by atoms with Gasteiger partial charge in [0.1, 0.15) is 5.75 Å². The van der Waals surface area contributed by atoms with E-state index in [0.717, 1.165) is 24.3 Å². The Kier molecular flexibility index (Phi) is 5.28. The molecule has 0 aromatic heterocycles. The summed E-state index contributed by atoms with van der Waals surface area (Å²) < 4.78 is 5.42. The molecule has 102 valence electrons. The normalized spacial score (nSPS) is 14.0. The van der Waals surface area contributed by atoms with E-state index in [-0.39, 0.29) is 0 Å². The molecule has 0 radical (unpaired) electrons. The molecule has 0 saturated heterocycles. The topological polar surface area (TPSA) is 67.5 Å². The van der Waals surface area contributed by atoms with Crippen molar-refractivity contribution in [2.75, 3.05) is 24.2 Å². The van der Waals surface area contributed by atoms with Gasteiger partial charge >= 0.3 is 0 Å². The number of anilines is 2. The molecular formula is C14H24N2O2. The Hall–Kier alpha value is -1.42. The minimum Gasteiger partial charge on any atom is -0.494 e. The number of nitrogens with one attached hydrogen (secondary N) is 1. The molecule has 0 bridgehead atoms. The number of ether oxygens (including phenoxy) is 1. The zero-order chi connectivity index (χ0) is 13.6. The van der Waals surface area contributed by atoms with Gasteiger partial charge in [0.25, 0.3) is 0 Å². The van der Waals surface area contributed by atoms with E-state index in [9.17, 15) is 5.11 Å². The zero-order valence-electron chi connectivity index (χ0n) is 11.5. The average Bonchev–Trinajstić information content (AvgIpc) is 2.26. The maximum Gasteiger partial charge on any atom is 0.123 e. The van der Waals surface area contributed by atoms with Gasteiger partial charge in [-0.3, -0.25) is 0 Å². The highest BCUT2D eigenvalue weighted by molar-refractivity contribution is 5.59. The summed E-state index contributed by atoms with van der Waals surface area (Å²) in [5, 5.41) is 13.3. The lowest BCUT2D eigenvalue weighted by Crippen LogP contribution is -2.33. The zero-order valence-corrected chi connectivity index (χ0v) is 11.5. The van der Waals surface area contributed by atoms with E-state index in [1.165, 1.54) is 0 Å². The van der Waals surface area contributed by atoms with Gasteiger partial charge in [-0.25, -0.2) is 0 Å². The van der Waals surface area contributed by atoms with Crippen molar-refractivity contribution in [3.63, 3.8) is 0 Å². The highest BCUT2D eigenvalue weighted by atomic mass is 16.5. The molecule has 1 atom stereocenters. The lowest BCUT2D eigenvalue weighted by molar-refractivity contribution is 0.0637. The summed E-state index contributed by atoms with van der Waals surface area (Å²) in [6.45, 7) is 6.93. The predicted molar refractivity (Wildman–Crippen MR) is 76.0 cm³/mol. The first-order chi connectivity index (χ1) is 8.46. The van der Waals surface area contributed by atoms with Crippen LogP contribution in [-0.4, -0.2) is 23.9 Å². The quantitative estimate of drug-likeness (QED) is 0.653. The largest absolute Gasteiger partial charge is 0.494 e. The van der Waals surface area contributed by atoms with Crippen molar-refractivity contribution in [2.24, 2.45) is 0 Å². The van der Waals surface area contributed by atoms with E-state index in [4.69, 9.17) is 10.5 Å². The maximum atomic E-state index is 10.1. The van der Waals surface area contributed by atoms with Gasteiger partial charge in [0, 0.05) is 30.1 Å². The summed E-state index contributed by atoms with van der Waals surface area (Å²) in [6, 6.07) is 5.52. The Morgan fingerprint density at radius 3 is 2.67 bits per heavy atom. The Labute approximate surface area is 109 Å². The van der Waals surface area contributed by atoms with Crippen molar-refractivity contribution in [3.05, 3.63) is 18.2 Å². The molecule has 0 heterocycles. The van der Waals surface area contributed by atoms with E-state index in [1.807, 2.05) is 26.0 Å². The van der Waals surface area contributed by atoms with Gasteiger partial charge in [-0.15, -0.1) is 0 Å². The fraction of sp³-hybridized carbons (Fsp3) is 0.571. The van der Waals surface area contributed by atoms with Crippen LogP contribution in [0, 0.1) is 0 Å². The van der Waals surface area contributed by atoms with Crippen molar-refractivity contribution in [3.8, 4) is 5.75 Å². The highest BCUT2D eigenvalue weighted by Crippen LogP contribution is 2.23. The molecule has 0 aliphatic rings. The number of nitrogens with two attached hydrogens (primary N) is 1. The smallest absolute Gasteiger partial charge is 0.123 e. The SMILES string of the molecule is CCCC(C)(O)CNc1cc(N)cc(OCC)c1. The van der Waals surface area contributed by atoms with Crippen molar-refractivity contribution in [1.29, 1.82) is 0 Å². The summed E-state index contributed by atoms with van der Waals surface area (Å²) in [5.74, 6) is 0.745. The van der Waals surface area contributed by atoms with Crippen LogP contribution in [0.25, 0.3) is 0 Å². The van der Waals surface area contributed by atoms with Crippen LogP contribution >= 0.6 is 0 Å². The average molecular weight is 252 g/mol. The molecule has 4 heteroatoms. The molecule has 0 fully saturated rings.